The third-order valence-corrected chi connectivity index (χ3v) is 7.76. The lowest BCUT2D eigenvalue weighted by Gasteiger charge is -2.10. The highest BCUT2D eigenvalue weighted by atomic mass is 32.2. The maximum Gasteiger partial charge on any atom is 0.210 e. The Labute approximate surface area is 158 Å². The molecule has 0 saturated heterocycles. The Kier molecular flexibility index (Phi) is 4.84. The summed E-state index contributed by atoms with van der Waals surface area (Å²) in [5.41, 5.74) is 1.79. The number of phenolic OH excluding ortho intramolecular Hbond substituents is 1. The Morgan fingerprint density at radius 3 is 1.48 bits per heavy atom. The number of benzene rings is 3. The largest absolute Gasteiger partial charge is 0.507 e. The van der Waals surface area contributed by atoms with Crippen molar-refractivity contribution < 1.29 is 21.9 Å². The Bertz CT molecular complexity index is 1190. The molecule has 0 saturated carbocycles. The third-order valence-electron chi connectivity index (χ3n) is 4.19. The number of hydrogen-bond acceptors (Lipinski definition) is 5. The van der Waals surface area contributed by atoms with Gasteiger partial charge in [0.2, 0.25) is 19.7 Å². The first-order valence-corrected chi connectivity index (χ1v) is 11.1. The fourth-order valence-corrected chi connectivity index (χ4v) is 5.31. The van der Waals surface area contributed by atoms with Gasteiger partial charge in [0.25, 0.3) is 0 Å². The molecule has 0 aliphatic rings. The maximum absolute atomic E-state index is 12.9. The van der Waals surface area contributed by atoms with Gasteiger partial charge in [0, 0.05) is 0 Å². The first-order chi connectivity index (χ1) is 12.6. The molecule has 0 radical (unpaired) electrons. The smallest absolute Gasteiger partial charge is 0.210 e. The lowest BCUT2D eigenvalue weighted by molar-refractivity contribution is 0.458. The van der Waals surface area contributed by atoms with Gasteiger partial charge >= 0.3 is 0 Å². The van der Waals surface area contributed by atoms with Crippen LogP contribution in [0.5, 0.6) is 5.75 Å². The molecule has 0 aliphatic carbocycles. The van der Waals surface area contributed by atoms with Gasteiger partial charge in [-0.2, -0.15) is 0 Å². The molecule has 140 valence electrons. The average Bonchev–Trinajstić information content (AvgIpc) is 2.62. The number of phenols is 1. The fraction of sp³-hybridized carbons (Fsp3) is 0.100. The Hall–Kier alpha value is -2.64. The first-order valence-electron chi connectivity index (χ1n) is 8.09. The van der Waals surface area contributed by atoms with Gasteiger partial charge in [0.1, 0.15) is 10.6 Å². The topological polar surface area (TPSA) is 88.5 Å². The molecule has 0 aromatic heterocycles. The summed E-state index contributed by atoms with van der Waals surface area (Å²) in [5.74, 6) is -0.501. The van der Waals surface area contributed by atoms with Crippen LogP contribution in [0.2, 0.25) is 0 Å². The molecule has 5 nitrogen and oxygen atoms in total. The minimum Gasteiger partial charge on any atom is -0.507 e. The average molecular weight is 402 g/mol. The van der Waals surface area contributed by atoms with E-state index in [4.69, 9.17) is 0 Å². The predicted molar refractivity (Wildman–Crippen MR) is 101 cm³/mol. The van der Waals surface area contributed by atoms with Crippen molar-refractivity contribution in [1.29, 1.82) is 0 Å². The highest BCUT2D eigenvalue weighted by Crippen LogP contribution is 2.32. The Balaban J connectivity index is 2.15. The molecule has 0 heterocycles. The molecule has 3 aromatic carbocycles. The Morgan fingerprint density at radius 1 is 0.593 bits per heavy atom. The van der Waals surface area contributed by atoms with E-state index in [0.717, 1.165) is 23.3 Å². The van der Waals surface area contributed by atoms with E-state index in [-0.39, 0.29) is 14.7 Å². The summed E-state index contributed by atoms with van der Waals surface area (Å²) < 4.78 is 51.4. The van der Waals surface area contributed by atoms with Crippen molar-refractivity contribution in [2.24, 2.45) is 0 Å². The fourth-order valence-electron chi connectivity index (χ4n) is 2.57. The van der Waals surface area contributed by atoms with Crippen LogP contribution in [0.1, 0.15) is 11.1 Å². The summed E-state index contributed by atoms with van der Waals surface area (Å²) in [7, 11) is -7.99. The molecule has 0 aliphatic heterocycles. The van der Waals surface area contributed by atoms with Crippen LogP contribution in [-0.2, 0) is 19.7 Å². The summed E-state index contributed by atoms with van der Waals surface area (Å²) in [6, 6.07) is 15.6. The maximum atomic E-state index is 12.9. The van der Waals surface area contributed by atoms with Crippen molar-refractivity contribution >= 4 is 19.7 Å². The van der Waals surface area contributed by atoms with E-state index >= 15 is 0 Å². The number of sulfone groups is 2. The Morgan fingerprint density at radius 2 is 1.00 bits per heavy atom. The van der Waals surface area contributed by atoms with Crippen LogP contribution in [0.4, 0.5) is 0 Å². The van der Waals surface area contributed by atoms with Gasteiger partial charge in [-0.15, -0.1) is 0 Å². The number of aryl methyl sites for hydroxylation is 2. The quantitative estimate of drug-likeness (QED) is 0.719. The molecule has 1 N–H and O–H groups in total. The number of hydrogen-bond donors (Lipinski definition) is 1. The predicted octanol–water partition coefficient (Wildman–Crippen LogP) is 3.67. The van der Waals surface area contributed by atoms with Crippen molar-refractivity contribution in [3.05, 3.63) is 77.9 Å². The zero-order valence-electron chi connectivity index (χ0n) is 14.7. The standard InChI is InChI=1S/C20H18O5S2/c1-14-3-7-16(8-4-14)26(22,23)18-11-12-19(21)20(13-18)27(24,25)17-9-5-15(2)6-10-17/h3-13,21H,1-2H3. The van der Waals surface area contributed by atoms with Gasteiger partial charge in [-0.05, 0) is 56.3 Å². The number of aromatic hydroxyl groups is 1. The minimum absolute atomic E-state index is 0.0201. The zero-order chi connectivity index (χ0) is 19.8. The van der Waals surface area contributed by atoms with Crippen LogP contribution in [0, 0.1) is 13.8 Å². The van der Waals surface area contributed by atoms with Crippen LogP contribution in [0.15, 0.2) is 86.3 Å². The first kappa shape index (κ1) is 19.1. The molecule has 3 aromatic rings. The SMILES string of the molecule is Cc1ccc(S(=O)(=O)c2ccc(O)c(S(=O)(=O)c3ccc(C)cc3)c2)cc1. The highest BCUT2D eigenvalue weighted by Gasteiger charge is 2.26. The molecule has 0 spiro atoms. The second-order valence-corrected chi connectivity index (χ2v) is 10.1. The molecule has 0 unspecified atom stereocenters. The minimum atomic E-state index is -4.07. The highest BCUT2D eigenvalue weighted by molar-refractivity contribution is 7.92. The van der Waals surface area contributed by atoms with Gasteiger partial charge in [-0.3, -0.25) is 0 Å². The van der Waals surface area contributed by atoms with Crippen LogP contribution >= 0.6 is 0 Å². The summed E-state index contributed by atoms with van der Waals surface area (Å²) in [5, 5.41) is 10.1. The molecule has 0 bridgehead atoms. The molecule has 7 heteroatoms. The van der Waals surface area contributed by atoms with E-state index in [1.54, 1.807) is 24.3 Å². The normalized spacial score (nSPS) is 12.1. The van der Waals surface area contributed by atoms with Gasteiger partial charge in [-0.25, -0.2) is 16.8 Å². The molecule has 0 amide bonds. The lowest BCUT2D eigenvalue weighted by Crippen LogP contribution is -2.06. The van der Waals surface area contributed by atoms with Crippen molar-refractivity contribution in [3.8, 4) is 5.75 Å². The van der Waals surface area contributed by atoms with Crippen LogP contribution in [0.25, 0.3) is 0 Å². The molecule has 0 fully saturated rings. The van der Waals surface area contributed by atoms with Crippen LogP contribution < -0.4 is 0 Å². The molecular weight excluding hydrogens is 384 g/mol. The van der Waals surface area contributed by atoms with E-state index in [2.05, 4.69) is 0 Å². The molecular formula is C20H18O5S2. The van der Waals surface area contributed by atoms with E-state index in [1.165, 1.54) is 30.3 Å². The zero-order valence-corrected chi connectivity index (χ0v) is 16.4. The van der Waals surface area contributed by atoms with E-state index < -0.39 is 30.3 Å². The van der Waals surface area contributed by atoms with Gasteiger partial charge in [0.15, 0.2) is 0 Å². The monoisotopic (exact) mass is 402 g/mol. The molecule has 27 heavy (non-hydrogen) atoms. The van der Waals surface area contributed by atoms with Crippen molar-refractivity contribution in [2.45, 2.75) is 33.4 Å². The van der Waals surface area contributed by atoms with Gasteiger partial charge < -0.3 is 5.11 Å². The van der Waals surface area contributed by atoms with E-state index in [1.807, 2.05) is 13.8 Å². The van der Waals surface area contributed by atoms with Crippen LogP contribution in [-0.4, -0.2) is 21.9 Å². The summed E-state index contributed by atoms with van der Waals surface area (Å²) >= 11 is 0. The van der Waals surface area contributed by atoms with Gasteiger partial charge in [0.05, 0.1) is 14.7 Å². The third kappa shape index (κ3) is 3.61. The summed E-state index contributed by atoms with van der Waals surface area (Å²) in [4.78, 5) is -0.611. The second-order valence-electron chi connectivity index (χ2n) is 6.26. The van der Waals surface area contributed by atoms with Gasteiger partial charge in [-0.1, -0.05) is 35.4 Å². The van der Waals surface area contributed by atoms with E-state index in [0.29, 0.717) is 0 Å². The summed E-state index contributed by atoms with van der Waals surface area (Å²) in [6.45, 7) is 3.66. The summed E-state index contributed by atoms with van der Waals surface area (Å²) in [6.07, 6.45) is 0. The van der Waals surface area contributed by atoms with Crippen molar-refractivity contribution in [2.75, 3.05) is 0 Å². The van der Waals surface area contributed by atoms with Crippen molar-refractivity contribution in [3.63, 3.8) is 0 Å². The molecule has 3 rings (SSSR count). The second kappa shape index (κ2) is 6.83. The van der Waals surface area contributed by atoms with Crippen molar-refractivity contribution in [1.82, 2.24) is 0 Å². The lowest BCUT2D eigenvalue weighted by atomic mass is 10.2. The van der Waals surface area contributed by atoms with E-state index in [9.17, 15) is 21.9 Å². The van der Waals surface area contributed by atoms with Crippen LogP contribution in [0.3, 0.4) is 0 Å². The molecule has 0 atom stereocenters. The number of rotatable bonds is 4.